The minimum atomic E-state index is -1.42. The molecule has 0 fully saturated rings. The highest BCUT2D eigenvalue weighted by molar-refractivity contribution is 7.65. The van der Waals surface area contributed by atoms with Crippen LogP contribution in [0.2, 0.25) is 6.55 Å². The first-order valence-electron chi connectivity index (χ1n) is 11.2. The molecule has 0 radical (unpaired) electrons. The second kappa shape index (κ2) is 8.16. The Hall–Kier alpha value is -2.44. The molecular formula is C29H24ClPSi. The quantitative estimate of drug-likeness (QED) is 0.146. The molecule has 6 rings (SSSR count). The minimum absolute atomic E-state index is 0.380. The molecule has 0 aromatic heterocycles. The van der Waals surface area contributed by atoms with E-state index in [-0.39, 0.29) is 7.92 Å². The van der Waals surface area contributed by atoms with Gasteiger partial charge in [0.1, 0.15) is 0 Å². The van der Waals surface area contributed by atoms with Crippen molar-refractivity contribution in [2.75, 3.05) is 0 Å². The number of halogens is 1. The van der Waals surface area contributed by atoms with Crippen LogP contribution in [0.4, 0.5) is 0 Å². The second-order valence-corrected chi connectivity index (χ2v) is 14.7. The van der Waals surface area contributed by atoms with Gasteiger partial charge in [0.15, 0.2) is 8.11 Å². The van der Waals surface area contributed by atoms with Gasteiger partial charge in [-0.1, -0.05) is 112 Å². The molecular weight excluding hydrogens is 443 g/mol. The van der Waals surface area contributed by atoms with Crippen LogP contribution in [-0.4, -0.2) is 8.11 Å². The van der Waals surface area contributed by atoms with Gasteiger partial charge >= 0.3 is 0 Å². The van der Waals surface area contributed by atoms with Crippen molar-refractivity contribution >= 4 is 59.1 Å². The fourth-order valence-corrected chi connectivity index (χ4v) is 10.6. The number of hydrogen-bond donors (Lipinski definition) is 0. The second-order valence-electron chi connectivity index (χ2n) is 8.67. The summed E-state index contributed by atoms with van der Waals surface area (Å²) in [6, 6.07) is 36.1. The number of rotatable bonds is 2. The summed E-state index contributed by atoms with van der Waals surface area (Å²) in [5.41, 5.74) is 5.83. The van der Waals surface area contributed by atoms with Gasteiger partial charge < -0.3 is 0 Å². The zero-order chi connectivity index (χ0) is 21.7. The van der Waals surface area contributed by atoms with Gasteiger partial charge in [0.25, 0.3) is 0 Å². The summed E-state index contributed by atoms with van der Waals surface area (Å²) in [7, 11) is -1.80. The lowest BCUT2D eigenvalue weighted by atomic mass is 9.88. The molecule has 0 aliphatic carbocycles. The Morgan fingerprint density at radius 3 is 1.69 bits per heavy atom. The monoisotopic (exact) mass is 466 g/mol. The average Bonchev–Trinajstić information content (AvgIpc) is 3.01. The van der Waals surface area contributed by atoms with Crippen molar-refractivity contribution in [3.8, 4) is 11.1 Å². The first-order chi connectivity index (χ1) is 15.7. The van der Waals surface area contributed by atoms with Gasteiger partial charge in [-0.25, -0.2) is 0 Å². The SMILES string of the molecule is C[Si@@H](Cl)c1ccccc1P1Cc2ccc3ccccc3c2-c2c(ccc3ccccc23)C1. The van der Waals surface area contributed by atoms with Crippen LogP contribution < -0.4 is 10.5 Å². The van der Waals surface area contributed by atoms with E-state index >= 15 is 0 Å². The van der Waals surface area contributed by atoms with E-state index in [1.54, 1.807) is 0 Å². The van der Waals surface area contributed by atoms with Gasteiger partial charge in [-0.15, -0.1) is 0 Å². The molecule has 5 aromatic rings. The third-order valence-electron chi connectivity index (χ3n) is 6.71. The number of hydrogen-bond acceptors (Lipinski definition) is 0. The van der Waals surface area contributed by atoms with Crippen LogP contribution in [0, 0.1) is 0 Å². The van der Waals surface area contributed by atoms with Crippen molar-refractivity contribution in [2.24, 2.45) is 0 Å². The molecule has 0 saturated heterocycles. The maximum Gasteiger partial charge on any atom is 0.169 e. The lowest BCUT2D eigenvalue weighted by Gasteiger charge is -2.21. The van der Waals surface area contributed by atoms with E-state index in [1.807, 2.05) is 0 Å². The van der Waals surface area contributed by atoms with E-state index in [9.17, 15) is 0 Å². The molecule has 0 nitrogen and oxygen atoms in total. The fourth-order valence-electron chi connectivity index (χ4n) is 5.24. The highest BCUT2D eigenvalue weighted by Crippen LogP contribution is 2.52. The van der Waals surface area contributed by atoms with Crippen LogP contribution in [0.3, 0.4) is 0 Å². The number of benzene rings is 5. The minimum Gasteiger partial charge on any atom is -0.166 e. The Balaban J connectivity index is 1.68. The van der Waals surface area contributed by atoms with E-state index in [0.29, 0.717) is 0 Å². The molecule has 0 saturated carbocycles. The van der Waals surface area contributed by atoms with Crippen molar-refractivity contribution in [3.63, 3.8) is 0 Å². The Labute approximate surface area is 196 Å². The highest BCUT2D eigenvalue weighted by Gasteiger charge is 2.27. The summed E-state index contributed by atoms with van der Waals surface area (Å²) < 4.78 is 0. The molecule has 5 aromatic carbocycles. The maximum absolute atomic E-state index is 6.77. The summed E-state index contributed by atoms with van der Waals surface area (Å²) in [4.78, 5) is 0. The Morgan fingerprint density at radius 2 is 1.12 bits per heavy atom. The maximum atomic E-state index is 6.77. The lowest BCUT2D eigenvalue weighted by molar-refractivity contribution is 1.40. The molecule has 0 N–H and O–H groups in total. The smallest absolute Gasteiger partial charge is 0.166 e. The number of fused-ring (bicyclic) bond motifs is 7. The molecule has 1 aliphatic rings. The molecule has 1 aliphatic heterocycles. The van der Waals surface area contributed by atoms with Gasteiger partial charge in [-0.05, 0) is 66.6 Å². The van der Waals surface area contributed by atoms with Crippen LogP contribution in [0.5, 0.6) is 0 Å². The van der Waals surface area contributed by atoms with E-state index in [1.165, 1.54) is 54.3 Å². The van der Waals surface area contributed by atoms with Gasteiger partial charge in [0.05, 0.1) is 0 Å². The van der Waals surface area contributed by atoms with Gasteiger partial charge in [0.2, 0.25) is 0 Å². The van der Waals surface area contributed by atoms with Crippen molar-refractivity contribution in [1.82, 2.24) is 0 Å². The zero-order valence-corrected chi connectivity index (χ0v) is 20.9. The summed E-state index contributed by atoms with van der Waals surface area (Å²) in [5.74, 6) is 0. The van der Waals surface area contributed by atoms with Crippen molar-refractivity contribution in [3.05, 3.63) is 108 Å². The molecule has 3 heteroatoms. The van der Waals surface area contributed by atoms with Crippen molar-refractivity contribution < 1.29 is 0 Å². The molecule has 0 spiro atoms. The Morgan fingerprint density at radius 1 is 0.625 bits per heavy atom. The largest absolute Gasteiger partial charge is 0.169 e. The molecule has 1 heterocycles. The molecule has 156 valence electrons. The van der Waals surface area contributed by atoms with Gasteiger partial charge in [-0.2, -0.15) is 11.1 Å². The predicted octanol–water partition coefficient (Wildman–Crippen LogP) is 7.28. The Bertz CT molecular complexity index is 1390. The van der Waals surface area contributed by atoms with Crippen molar-refractivity contribution in [1.29, 1.82) is 0 Å². The van der Waals surface area contributed by atoms with Gasteiger partial charge in [0, 0.05) is 0 Å². The average molecular weight is 467 g/mol. The van der Waals surface area contributed by atoms with Crippen molar-refractivity contribution in [2.45, 2.75) is 18.9 Å². The summed E-state index contributed by atoms with van der Waals surface area (Å²) in [6.45, 7) is 2.23. The van der Waals surface area contributed by atoms with E-state index in [4.69, 9.17) is 11.1 Å². The van der Waals surface area contributed by atoms with Crippen LogP contribution >= 0.6 is 19.0 Å². The van der Waals surface area contributed by atoms with E-state index < -0.39 is 8.11 Å². The molecule has 1 atom stereocenters. The lowest BCUT2D eigenvalue weighted by Crippen LogP contribution is -2.34. The Kier molecular flexibility index (Phi) is 5.15. The molecule has 32 heavy (non-hydrogen) atoms. The van der Waals surface area contributed by atoms with Crippen LogP contribution in [0.25, 0.3) is 32.7 Å². The topological polar surface area (TPSA) is 0 Å². The molecule has 0 unspecified atom stereocenters. The molecule has 0 bridgehead atoms. The fraction of sp³-hybridized carbons (Fsp3) is 0.103. The van der Waals surface area contributed by atoms with Crippen LogP contribution in [0.1, 0.15) is 11.1 Å². The van der Waals surface area contributed by atoms with Crippen LogP contribution in [0.15, 0.2) is 97.1 Å². The molecule has 0 amide bonds. The predicted molar refractivity (Wildman–Crippen MR) is 146 cm³/mol. The third kappa shape index (κ3) is 3.32. The first kappa shape index (κ1) is 20.2. The third-order valence-corrected chi connectivity index (χ3v) is 11.6. The highest BCUT2D eigenvalue weighted by atomic mass is 35.6. The standard InChI is InChI=1S/C29H24ClPSi/c1-32(30)27-13-7-6-12-26(27)31-18-22-16-14-20-8-2-4-10-24(20)28(22)29-23(19-31)17-15-21-9-3-5-11-25(21)29/h2-17,32H,18-19H2,1H3/t32-/m1/s1. The summed E-state index contributed by atoms with van der Waals surface area (Å²) in [6.07, 6.45) is 2.21. The van der Waals surface area contributed by atoms with Gasteiger partial charge in [-0.3, -0.25) is 0 Å². The van der Waals surface area contributed by atoms with E-state index in [0.717, 1.165) is 12.3 Å². The zero-order valence-electron chi connectivity index (χ0n) is 18.1. The normalized spacial score (nSPS) is 14.7. The summed E-state index contributed by atoms with van der Waals surface area (Å²) in [5, 5.41) is 8.31. The van der Waals surface area contributed by atoms with Crippen LogP contribution in [-0.2, 0) is 12.3 Å². The van der Waals surface area contributed by atoms with E-state index in [2.05, 4.69) is 104 Å². The first-order valence-corrected chi connectivity index (χ1v) is 16.4. The summed E-state index contributed by atoms with van der Waals surface area (Å²) >= 11 is 6.77.